The number of benzene rings is 1. The van der Waals surface area contributed by atoms with Gasteiger partial charge in [-0.1, -0.05) is 12.1 Å². The number of carbonyl (C=O) groups is 1. The van der Waals surface area contributed by atoms with E-state index in [1.54, 1.807) is 0 Å². The molecule has 0 radical (unpaired) electrons. The van der Waals surface area contributed by atoms with Crippen LogP contribution in [0.1, 0.15) is 64.9 Å². The van der Waals surface area contributed by atoms with Crippen molar-refractivity contribution in [2.45, 2.75) is 76.9 Å². The number of hydrogen-bond acceptors (Lipinski definition) is 3. The molecule has 5 heteroatoms. The highest BCUT2D eigenvalue weighted by molar-refractivity contribution is 5.85. The van der Waals surface area contributed by atoms with E-state index in [0.717, 1.165) is 30.0 Å². The number of rotatable bonds is 6. The molecule has 1 aromatic rings. The number of ether oxygens (including phenoxy) is 1. The van der Waals surface area contributed by atoms with Crippen molar-refractivity contribution in [3.63, 3.8) is 0 Å². The lowest BCUT2D eigenvalue weighted by Crippen LogP contribution is -2.58. The monoisotopic (exact) mass is 406 g/mol. The first-order chi connectivity index (χ1) is 12.8. The molecule has 4 nitrogen and oxygen atoms in total. The van der Waals surface area contributed by atoms with Crippen molar-refractivity contribution >= 4 is 18.3 Å². The fraction of sp³-hybridized carbons (Fsp3) is 0.696. The predicted octanol–water partition coefficient (Wildman–Crippen LogP) is 4.46. The van der Waals surface area contributed by atoms with E-state index >= 15 is 0 Å². The molecule has 4 bridgehead atoms. The molecule has 0 aliphatic heterocycles. The van der Waals surface area contributed by atoms with E-state index in [-0.39, 0.29) is 30.5 Å². The summed E-state index contributed by atoms with van der Waals surface area (Å²) >= 11 is 0. The Morgan fingerprint density at radius 3 is 2.07 bits per heavy atom. The number of amides is 1. The summed E-state index contributed by atoms with van der Waals surface area (Å²) in [5.41, 5.74) is 1.46. The Balaban J connectivity index is 0.00000225. The van der Waals surface area contributed by atoms with Gasteiger partial charge in [0.05, 0.1) is 0 Å². The lowest BCUT2D eigenvalue weighted by Gasteiger charge is -2.57. The van der Waals surface area contributed by atoms with Crippen molar-refractivity contribution < 1.29 is 9.53 Å². The lowest BCUT2D eigenvalue weighted by atomic mass is 9.53. The zero-order valence-corrected chi connectivity index (χ0v) is 18.2. The number of nitrogens with one attached hydrogen (secondary N) is 2. The predicted molar refractivity (Wildman–Crippen MR) is 115 cm³/mol. The Hall–Kier alpha value is -1.26. The van der Waals surface area contributed by atoms with Gasteiger partial charge in [0.2, 0.25) is 0 Å². The van der Waals surface area contributed by atoms with Crippen LogP contribution in [0.2, 0.25) is 0 Å². The normalized spacial score (nSPS) is 30.6. The highest BCUT2D eigenvalue weighted by Crippen LogP contribution is 2.55. The first-order valence-electron chi connectivity index (χ1n) is 10.6. The lowest BCUT2D eigenvalue weighted by molar-refractivity contribution is -0.124. The van der Waals surface area contributed by atoms with Crippen molar-refractivity contribution in [3.05, 3.63) is 29.8 Å². The molecule has 5 rings (SSSR count). The van der Waals surface area contributed by atoms with Gasteiger partial charge in [0.15, 0.2) is 6.61 Å². The van der Waals surface area contributed by atoms with E-state index in [0.29, 0.717) is 5.54 Å². The van der Waals surface area contributed by atoms with Gasteiger partial charge in [0.1, 0.15) is 5.75 Å². The molecule has 0 aromatic heterocycles. The minimum absolute atomic E-state index is 0. The maximum atomic E-state index is 11.9. The first kappa shape index (κ1) is 21.4. The summed E-state index contributed by atoms with van der Waals surface area (Å²) in [5.74, 6) is 3.57. The zero-order valence-electron chi connectivity index (χ0n) is 17.4. The van der Waals surface area contributed by atoms with E-state index in [9.17, 15) is 4.79 Å². The molecule has 0 unspecified atom stereocenters. The third kappa shape index (κ3) is 5.21. The molecule has 4 saturated carbocycles. The molecule has 4 fully saturated rings. The fourth-order valence-corrected chi connectivity index (χ4v) is 5.92. The van der Waals surface area contributed by atoms with Crippen LogP contribution in [0.5, 0.6) is 5.75 Å². The van der Waals surface area contributed by atoms with Crippen LogP contribution >= 0.6 is 12.4 Å². The fourth-order valence-electron chi connectivity index (χ4n) is 5.92. The molecule has 28 heavy (non-hydrogen) atoms. The minimum atomic E-state index is -0.229. The summed E-state index contributed by atoms with van der Waals surface area (Å²) in [4.78, 5) is 11.9. The Kier molecular flexibility index (Phi) is 6.31. The molecule has 2 N–H and O–H groups in total. The largest absolute Gasteiger partial charge is 0.484 e. The van der Waals surface area contributed by atoms with Crippen molar-refractivity contribution in [2.24, 2.45) is 17.8 Å². The second kappa shape index (κ2) is 8.23. The standard InChI is InChI=1S/C23H34N2O2.ClH/c1-22(2,3)25-21(26)15-27-20-6-4-16(5-7-20)14-24-23-11-17-8-18(12-23)10-19(9-17)13-23;/h4-7,17-19,24H,8-15H2,1-3H3,(H,25,26);1H. The Labute approximate surface area is 175 Å². The van der Waals surface area contributed by atoms with E-state index < -0.39 is 0 Å². The number of hydrogen-bond donors (Lipinski definition) is 2. The number of halogens is 1. The second-order valence-electron chi connectivity index (χ2n) is 10.3. The molecular weight excluding hydrogens is 372 g/mol. The van der Waals surface area contributed by atoms with Gasteiger partial charge in [-0.05, 0) is 94.7 Å². The zero-order chi connectivity index (χ0) is 19.1. The molecule has 0 spiro atoms. The molecule has 0 heterocycles. The van der Waals surface area contributed by atoms with Crippen molar-refractivity contribution in [1.29, 1.82) is 0 Å². The van der Waals surface area contributed by atoms with Gasteiger partial charge >= 0.3 is 0 Å². The van der Waals surface area contributed by atoms with Gasteiger partial charge in [-0.2, -0.15) is 0 Å². The van der Waals surface area contributed by atoms with Gasteiger partial charge in [0.25, 0.3) is 5.91 Å². The molecule has 156 valence electrons. The van der Waals surface area contributed by atoms with Crippen LogP contribution in [0, 0.1) is 17.8 Å². The van der Waals surface area contributed by atoms with E-state index in [4.69, 9.17) is 4.74 Å². The maximum absolute atomic E-state index is 11.9. The first-order valence-corrected chi connectivity index (χ1v) is 10.6. The smallest absolute Gasteiger partial charge is 0.258 e. The van der Waals surface area contributed by atoms with E-state index in [1.165, 1.54) is 44.1 Å². The van der Waals surface area contributed by atoms with Gasteiger partial charge in [-0.3, -0.25) is 4.79 Å². The van der Waals surface area contributed by atoms with Crippen LogP contribution in [0.3, 0.4) is 0 Å². The van der Waals surface area contributed by atoms with Crippen LogP contribution < -0.4 is 15.4 Å². The van der Waals surface area contributed by atoms with E-state index in [2.05, 4.69) is 22.8 Å². The van der Waals surface area contributed by atoms with Crippen molar-refractivity contribution in [3.8, 4) is 5.75 Å². The average Bonchev–Trinajstić information content (AvgIpc) is 2.56. The Bertz CT molecular complexity index is 646. The van der Waals surface area contributed by atoms with Crippen LogP contribution in [0.4, 0.5) is 0 Å². The molecule has 0 atom stereocenters. The highest BCUT2D eigenvalue weighted by Gasteiger charge is 2.50. The van der Waals surface area contributed by atoms with Crippen molar-refractivity contribution in [2.75, 3.05) is 6.61 Å². The second-order valence-corrected chi connectivity index (χ2v) is 10.3. The summed E-state index contributed by atoms with van der Waals surface area (Å²) in [6.07, 6.45) is 8.58. The molecule has 4 aliphatic rings. The summed E-state index contributed by atoms with van der Waals surface area (Å²) in [6, 6.07) is 8.18. The minimum Gasteiger partial charge on any atom is -0.484 e. The molecule has 1 aromatic carbocycles. The summed E-state index contributed by atoms with van der Waals surface area (Å²) in [5, 5.41) is 6.84. The quantitative estimate of drug-likeness (QED) is 0.733. The SMILES string of the molecule is CC(C)(C)NC(=O)COc1ccc(CNC23CC4CC(CC(C4)C2)C3)cc1.Cl. The van der Waals surface area contributed by atoms with Crippen LogP contribution in [-0.4, -0.2) is 23.6 Å². The van der Waals surface area contributed by atoms with Crippen LogP contribution in [-0.2, 0) is 11.3 Å². The molecular formula is C23H35ClN2O2. The summed E-state index contributed by atoms with van der Waals surface area (Å²) < 4.78 is 5.61. The Morgan fingerprint density at radius 1 is 1.04 bits per heavy atom. The van der Waals surface area contributed by atoms with Gasteiger partial charge in [-0.25, -0.2) is 0 Å². The maximum Gasteiger partial charge on any atom is 0.258 e. The third-order valence-corrected chi connectivity index (χ3v) is 6.51. The average molecular weight is 407 g/mol. The van der Waals surface area contributed by atoms with E-state index in [1.807, 2.05) is 32.9 Å². The Morgan fingerprint density at radius 2 is 1.57 bits per heavy atom. The number of carbonyl (C=O) groups excluding carboxylic acids is 1. The van der Waals surface area contributed by atoms with Gasteiger partial charge < -0.3 is 15.4 Å². The van der Waals surface area contributed by atoms with Crippen molar-refractivity contribution in [1.82, 2.24) is 10.6 Å². The molecule has 0 saturated heterocycles. The third-order valence-electron chi connectivity index (χ3n) is 6.51. The van der Waals surface area contributed by atoms with Crippen LogP contribution in [0.25, 0.3) is 0 Å². The van der Waals surface area contributed by atoms with Crippen LogP contribution in [0.15, 0.2) is 24.3 Å². The van der Waals surface area contributed by atoms with Gasteiger partial charge in [-0.15, -0.1) is 12.4 Å². The van der Waals surface area contributed by atoms with Gasteiger partial charge in [0, 0.05) is 17.6 Å². The summed E-state index contributed by atoms with van der Waals surface area (Å²) in [7, 11) is 0. The molecule has 4 aliphatic carbocycles. The summed E-state index contributed by atoms with van der Waals surface area (Å²) in [6.45, 7) is 6.89. The highest BCUT2D eigenvalue weighted by atomic mass is 35.5. The topological polar surface area (TPSA) is 50.4 Å². The molecule has 1 amide bonds.